The molecule has 32 heavy (non-hydrogen) atoms. The van der Waals surface area contributed by atoms with Gasteiger partial charge < -0.3 is 19.8 Å². The Bertz CT molecular complexity index is 1160. The molecule has 0 saturated carbocycles. The van der Waals surface area contributed by atoms with Crippen molar-refractivity contribution in [3.8, 4) is 5.75 Å². The van der Waals surface area contributed by atoms with Gasteiger partial charge in [0.15, 0.2) is 5.78 Å². The molecule has 0 atom stereocenters. The maximum atomic E-state index is 13.0. The van der Waals surface area contributed by atoms with Crippen LogP contribution in [-0.4, -0.2) is 24.3 Å². The van der Waals surface area contributed by atoms with Crippen molar-refractivity contribution in [2.75, 3.05) is 7.11 Å². The van der Waals surface area contributed by atoms with Crippen LogP contribution in [0.4, 0.5) is 0 Å². The monoisotopic (exact) mass is 430 g/mol. The lowest BCUT2D eigenvalue weighted by molar-refractivity contribution is 0.0946. The zero-order chi connectivity index (χ0) is 22.7. The lowest BCUT2D eigenvalue weighted by Gasteiger charge is -2.35. The summed E-state index contributed by atoms with van der Waals surface area (Å²) in [7, 11) is 1.63. The van der Waals surface area contributed by atoms with Gasteiger partial charge in [-0.25, -0.2) is 0 Å². The minimum absolute atomic E-state index is 0.137. The second-order valence-electron chi connectivity index (χ2n) is 8.47. The van der Waals surface area contributed by atoms with Crippen LogP contribution >= 0.6 is 0 Å². The molecule has 3 aromatic rings. The van der Waals surface area contributed by atoms with E-state index in [0.717, 1.165) is 29.0 Å². The molecular weight excluding hydrogens is 404 g/mol. The molecule has 0 spiro atoms. The Kier molecular flexibility index (Phi) is 5.86. The van der Waals surface area contributed by atoms with Crippen molar-refractivity contribution in [2.24, 2.45) is 0 Å². The molecule has 1 amide bonds. The molecule has 1 aliphatic heterocycles. The van der Waals surface area contributed by atoms with Crippen molar-refractivity contribution >= 4 is 17.4 Å². The molecule has 1 aromatic heterocycles. The van der Waals surface area contributed by atoms with Crippen LogP contribution in [0.15, 0.2) is 71.4 Å². The van der Waals surface area contributed by atoms with Crippen molar-refractivity contribution < 1.29 is 18.7 Å². The van der Waals surface area contributed by atoms with Crippen molar-refractivity contribution in [1.29, 1.82) is 0 Å². The standard InChI is InChI=1S/C26H26N2O4/c1-26(2)15-19-10-11-20(31-3)13-22(19)23(28-26)14-24(29)17-6-8-18(9-7-17)25(30)27-16-21-5-4-12-32-21/h4-14,28H,15-16H2,1-3H3,(H,27,30). The van der Waals surface area contributed by atoms with Crippen LogP contribution in [0.2, 0.25) is 0 Å². The van der Waals surface area contributed by atoms with E-state index in [2.05, 4.69) is 24.5 Å². The van der Waals surface area contributed by atoms with Crippen LogP contribution in [0, 0.1) is 0 Å². The van der Waals surface area contributed by atoms with Gasteiger partial charge in [0.2, 0.25) is 0 Å². The van der Waals surface area contributed by atoms with E-state index in [-0.39, 0.29) is 17.2 Å². The van der Waals surface area contributed by atoms with Gasteiger partial charge in [0.25, 0.3) is 5.91 Å². The third-order valence-electron chi connectivity index (χ3n) is 5.42. The normalized spacial score (nSPS) is 15.5. The van der Waals surface area contributed by atoms with E-state index in [1.807, 2.05) is 18.2 Å². The number of rotatable bonds is 6. The molecule has 6 nitrogen and oxygen atoms in total. The summed E-state index contributed by atoms with van der Waals surface area (Å²) in [6, 6.07) is 16.1. The predicted octanol–water partition coefficient (Wildman–Crippen LogP) is 4.37. The number of ketones is 1. The Morgan fingerprint density at radius 3 is 2.56 bits per heavy atom. The summed E-state index contributed by atoms with van der Waals surface area (Å²) in [5.74, 6) is 1.06. The quantitative estimate of drug-likeness (QED) is 0.448. The zero-order valence-electron chi connectivity index (χ0n) is 18.4. The van der Waals surface area contributed by atoms with Gasteiger partial charge >= 0.3 is 0 Å². The Morgan fingerprint density at radius 1 is 1.12 bits per heavy atom. The topological polar surface area (TPSA) is 80.6 Å². The summed E-state index contributed by atoms with van der Waals surface area (Å²) in [4.78, 5) is 25.3. The lowest BCUT2D eigenvalue weighted by atomic mass is 9.85. The number of furan rings is 1. The number of carbonyl (C=O) groups is 2. The Balaban J connectivity index is 1.52. The van der Waals surface area contributed by atoms with Crippen LogP contribution in [0.1, 0.15) is 51.5 Å². The van der Waals surface area contributed by atoms with Gasteiger partial charge in [-0.1, -0.05) is 18.2 Å². The fourth-order valence-electron chi connectivity index (χ4n) is 3.84. The smallest absolute Gasteiger partial charge is 0.251 e. The predicted molar refractivity (Wildman–Crippen MR) is 123 cm³/mol. The Hall–Kier alpha value is -3.80. The fraction of sp³-hybridized carbons (Fsp3) is 0.231. The average Bonchev–Trinajstić information content (AvgIpc) is 3.30. The molecule has 1 aliphatic rings. The molecule has 0 fully saturated rings. The maximum absolute atomic E-state index is 13.0. The van der Waals surface area contributed by atoms with Crippen molar-refractivity contribution in [3.63, 3.8) is 0 Å². The van der Waals surface area contributed by atoms with E-state index in [1.54, 1.807) is 55.8 Å². The molecule has 2 N–H and O–H groups in total. The summed E-state index contributed by atoms with van der Waals surface area (Å²) in [6.45, 7) is 4.52. The van der Waals surface area contributed by atoms with E-state index in [4.69, 9.17) is 9.15 Å². The first kappa shape index (κ1) is 21.4. The number of benzene rings is 2. The highest BCUT2D eigenvalue weighted by molar-refractivity contribution is 6.09. The third-order valence-corrected chi connectivity index (χ3v) is 5.42. The highest BCUT2D eigenvalue weighted by Gasteiger charge is 2.28. The van der Waals surface area contributed by atoms with Gasteiger partial charge in [-0.2, -0.15) is 0 Å². The first-order valence-corrected chi connectivity index (χ1v) is 10.5. The molecule has 0 aliphatic carbocycles. The Morgan fingerprint density at radius 2 is 1.88 bits per heavy atom. The van der Waals surface area contributed by atoms with Gasteiger partial charge in [0.05, 0.1) is 19.9 Å². The number of allylic oxidation sites excluding steroid dienone is 1. The first-order valence-electron chi connectivity index (χ1n) is 10.5. The van der Waals surface area contributed by atoms with E-state index in [0.29, 0.717) is 23.4 Å². The third kappa shape index (κ3) is 4.75. The summed E-state index contributed by atoms with van der Waals surface area (Å²) in [6.07, 6.45) is 4.03. The van der Waals surface area contributed by atoms with E-state index in [1.165, 1.54) is 0 Å². The molecule has 0 unspecified atom stereocenters. The summed E-state index contributed by atoms with van der Waals surface area (Å²) in [5.41, 5.74) is 3.70. The maximum Gasteiger partial charge on any atom is 0.251 e. The van der Waals surface area contributed by atoms with Gasteiger partial charge in [-0.15, -0.1) is 0 Å². The number of hydrogen-bond acceptors (Lipinski definition) is 5. The van der Waals surface area contributed by atoms with E-state index in [9.17, 15) is 9.59 Å². The summed E-state index contributed by atoms with van der Waals surface area (Å²) in [5, 5.41) is 6.27. The first-order chi connectivity index (χ1) is 15.3. The van der Waals surface area contributed by atoms with Crippen LogP contribution < -0.4 is 15.4 Å². The number of methoxy groups -OCH3 is 1. The molecule has 2 heterocycles. The molecule has 6 heteroatoms. The van der Waals surface area contributed by atoms with Crippen molar-refractivity contribution in [3.05, 3.63) is 95.0 Å². The van der Waals surface area contributed by atoms with Crippen LogP contribution in [-0.2, 0) is 13.0 Å². The molecular formula is C26H26N2O4. The van der Waals surface area contributed by atoms with Gasteiger partial charge in [-0.3, -0.25) is 9.59 Å². The summed E-state index contributed by atoms with van der Waals surface area (Å²) < 4.78 is 10.6. The molecule has 4 rings (SSSR count). The second-order valence-corrected chi connectivity index (χ2v) is 8.47. The number of fused-ring (bicyclic) bond motifs is 1. The number of amides is 1. The van der Waals surface area contributed by atoms with E-state index >= 15 is 0 Å². The molecule has 2 aromatic carbocycles. The SMILES string of the molecule is COc1ccc2c(c1)C(=CC(=O)c1ccc(C(=O)NCc3ccco3)cc1)NC(C)(C)C2. The van der Waals surface area contributed by atoms with Gasteiger partial charge in [-0.05, 0) is 62.2 Å². The van der Waals surface area contributed by atoms with E-state index < -0.39 is 0 Å². The molecule has 0 radical (unpaired) electrons. The van der Waals surface area contributed by atoms with Crippen molar-refractivity contribution in [1.82, 2.24) is 10.6 Å². The van der Waals surface area contributed by atoms with Gasteiger partial charge in [0.1, 0.15) is 11.5 Å². The molecule has 0 saturated heterocycles. The zero-order valence-corrected chi connectivity index (χ0v) is 18.4. The van der Waals surface area contributed by atoms with Crippen LogP contribution in [0.3, 0.4) is 0 Å². The molecule has 0 bridgehead atoms. The fourth-order valence-corrected chi connectivity index (χ4v) is 3.84. The Labute approximate surface area is 187 Å². The second kappa shape index (κ2) is 8.75. The number of carbonyl (C=O) groups excluding carboxylic acids is 2. The largest absolute Gasteiger partial charge is 0.497 e. The number of ether oxygens (including phenoxy) is 1. The number of nitrogens with one attached hydrogen (secondary N) is 2. The van der Waals surface area contributed by atoms with Crippen LogP contribution in [0.5, 0.6) is 5.75 Å². The highest BCUT2D eigenvalue weighted by atomic mass is 16.5. The lowest BCUT2D eigenvalue weighted by Crippen LogP contribution is -2.43. The van der Waals surface area contributed by atoms with Gasteiger partial charge in [0, 0.05) is 34.0 Å². The number of hydrogen-bond donors (Lipinski definition) is 2. The summed E-state index contributed by atoms with van der Waals surface area (Å²) >= 11 is 0. The minimum Gasteiger partial charge on any atom is -0.497 e. The minimum atomic E-state index is -0.226. The highest BCUT2D eigenvalue weighted by Crippen LogP contribution is 2.32. The average molecular weight is 431 g/mol. The molecule has 164 valence electrons. The van der Waals surface area contributed by atoms with Crippen LogP contribution in [0.25, 0.3) is 5.70 Å². The van der Waals surface area contributed by atoms with Crippen molar-refractivity contribution in [2.45, 2.75) is 32.4 Å².